The first-order valence-electron chi connectivity index (χ1n) is 6.53. The average molecular weight is 483 g/mol. The van der Waals surface area contributed by atoms with Crippen molar-refractivity contribution in [3.63, 3.8) is 0 Å². The molecule has 0 bridgehead atoms. The van der Waals surface area contributed by atoms with E-state index in [9.17, 15) is 19.8 Å². The van der Waals surface area contributed by atoms with Crippen molar-refractivity contribution in [2.45, 2.75) is 18.9 Å². The summed E-state index contributed by atoms with van der Waals surface area (Å²) in [5.74, 6) is -3.36. The van der Waals surface area contributed by atoms with E-state index < -0.39 is 23.5 Å². The number of nitrogens with zero attached hydrogens (tertiary/aromatic N) is 1. The second kappa shape index (κ2) is 9.48. The third kappa shape index (κ3) is 5.64. The summed E-state index contributed by atoms with van der Waals surface area (Å²) in [5, 5.41) is 29.2. The number of morpholine rings is 1. The molecular formula is C12H20N2O6Pt. The van der Waals surface area contributed by atoms with E-state index >= 15 is 0 Å². The summed E-state index contributed by atoms with van der Waals surface area (Å²) >= 11 is 0. The Morgan fingerprint density at radius 1 is 1.24 bits per heavy atom. The van der Waals surface area contributed by atoms with Gasteiger partial charge in [0.2, 0.25) is 0 Å². The van der Waals surface area contributed by atoms with Gasteiger partial charge >= 0.3 is 21.1 Å². The Morgan fingerprint density at radius 3 is 2.00 bits per heavy atom. The number of aliphatic hydroxyl groups excluding tert-OH is 1. The number of carbonyl (C=O) groups is 2. The molecule has 0 aromatic carbocycles. The van der Waals surface area contributed by atoms with Gasteiger partial charge in [0.05, 0.1) is 36.7 Å². The van der Waals surface area contributed by atoms with E-state index in [-0.39, 0.29) is 33.9 Å². The van der Waals surface area contributed by atoms with Gasteiger partial charge in [-0.05, 0) is 12.8 Å². The minimum atomic E-state index is -1.95. The van der Waals surface area contributed by atoms with E-state index in [1.54, 1.807) is 0 Å². The van der Waals surface area contributed by atoms with Crippen LogP contribution in [0.3, 0.4) is 0 Å². The minimum absolute atomic E-state index is 0. The van der Waals surface area contributed by atoms with Crippen LogP contribution in [-0.4, -0.2) is 67.4 Å². The third-order valence-corrected chi connectivity index (χ3v) is 3.50. The fraction of sp³-hybridized carbons (Fsp3) is 0.833. The number of carbonyl (C=O) groups excluding carboxylic acids is 2. The van der Waals surface area contributed by atoms with Crippen LogP contribution in [0.25, 0.3) is 0 Å². The summed E-state index contributed by atoms with van der Waals surface area (Å²) < 4.78 is 5.16. The number of rotatable bonds is 4. The van der Waals surface area contributed by atoms with Crippen LogP contribution in [0.15, 0.2) is 0 Å². The van der Waals surface area contributed by atoms with Crippen molar-refractivity contribution in [3.8, 4) is 0 Å². The Kier molecular flexibility index (Phi) is 9.24. The molecule has 0 aromatic heterocycles. The molecule has 0 atom stereocenters. The zero-order valence-corrected chi connectivity index (χ0v) is 13.8. The second-order valence-electron chi connectivity index (χ2n) is 4.96. The number of hydrogen-bond donors (Lipinski definition) is 2. The van der Waals surface area contributed by atoms with Gasteiger partial charge in [0, 0.05) is 26.2 Å². The molecule has 124 valence electrons. The van der Waals surface area contributed by atoms with Gasteiger partial charge in [-0.25, -0.2) is 0 Å². The second-order valence-corrected chi connectivity index (χ2v) is 4.96. The molecule has 1 saturated heterocycles. The Hall–Kier alpha value is -0.532. The van der Waals surface area contributed by atoms with Crippen molar-refractivity contribution < 1.29 is 50.7 Å². The van der Waals surface area contributed by atoms with E-state index in [1.807, 2.05) is 0 Å². The van der Waals surface area contributed by atoms with Crippen LogP contribution >= 0.6 is 0 Å². The van der Waals surface area contributed by atoms with Crippen molar-refractivity contribution in [3.05, 3.63) is 0 Å². The number of carboxylic acid groups (broad SMARTS) is 2. The van der Waals surface area contributed by atoms with Crippen LogP contribution in [0.2, 0.25) is 0 Å². The van der Waals surface area contributed by atoms with Crippen molar-refractivity contribution >= 4 is 11.9 Å². The van der Waals surface area contributed by atoms with Crippen LogP contribution in [0.5, 0.6) is 0 Å². The van der Waals surface area contributed by atoms with Gasteiger partial charge in [0.15, 0.2) is 0 Å². The summed E-state index contributed by atoms with van der Waals surface area (Å²) in [6.45, 7) is 5.64. The molecule has 0 amide bonds. The zero-order chi connectivity index (χ0) is 15.2. The first-order valence-corrected chi connectivity index (χ1v) is 6.53. The molecule has 2 fully saturated rings. The average Bonchev–Trinajstić information content (AvgIpc) is 2.36. The van der Waals surface area contributed by atoms with Crippen LogP contribution in [0, 0.1) is 5.41 Å². The molecule has 1 heterocycles. The Labute approximate surface area is 137 Å². The number of nitrogens with two attached hydrogens (primary N) is 1. The summed E-state index contributed by atoms with van der Waals surface area (Å²) in [7, 11) is 0. The number of carboxylic acids is 2. The van der Waals surface area contributed by atoms with Gasteiger partial charge in [-0.1, -0.05) is 0 Å². The summed E-state index contributed by atoms with van der Waals surface area (Å²) in [4.78, 5) is 22.8. The van der Waals surface area contributed by atoms with Gasteiger partial charge in [-0.3, -0.25) is 4.90 Å². The zero-order valence-electron chi connectivity index (χ0n) is 11.6. The smallest absolute Gasteiger partial charge is 0.549 e. The maximum Gasteiger partial charge on any atom is 2.00 e. The maximum atomic E-state index is 10.2. The van der Waals surface area contributed by atoms with Crippen molar-refractivity contribution in [2.75, 3.05) is 39.4 Å². The molecule has 0 radical (unpaired) electrons. The first kappa shape index (κ1) is 20.5. The molecule has 21 heavy (non-hydrogen) atoms. The predicted molar refractivity (Wildman–Crippen MR) is 64.0 cm³/mol. The monoisotopic (exact) mass is 483 g/mol. The summed E-state index contributed by atoms with van der Waals surface area (Å²) in [5.41, 5.74) is 3.43. The molecule has 8 nitrogen and oxygen atoms in total. The first-order chi connectivity index (χ1) is 9.42. The van der Waals surface area contributed by atoms with E-state index in [0.29, 0.717) is 0 Å². The number of hydrogen-bond acceptors (Lipinski definition) is 8. The minimum Gasteiger partial charge on any atom is -0.549 e. The van der Waals surface area contributed by atoms with Gasteiger partial charge in [-0.2, -0.15) is 0 Å². The number of ether oxygens (including phenoxy) is 1. The topological polar surface area (TPSA) is 139 Å². The number of aliphatic hydroxyl groups is 1. The summed E-state index contributed by atoms with van der Waals surface area (Å²) in [6.07, 6.45) is -1.47. The standard InChI is InChI=1S/C6H14N2O.C6H8O5.Pt/c7-1-2-8-3-5-9-6-4-8;7-3-1-6(2-3,4(8)9)5(10)11;/h1-7H2;3,7H,1-2H2,(H,8,9)(H,10,11);/q;;+2/p-2. The van der Waals surface area contributed by atoms with E-state index in [4.69, 9.17) is 15.6 Å². The molecule has 2 aliphatic rings. The molecule has 1 saturated carbocycles. The molecule has 1 aliphatic carbocycles. The maximum absolute atomic E-state index is 10.2. The Balaban J connectivity index is 0.000000370. The van der Waals surface area contributed by atoms with E-state index in [1.165, 1.54) is 0 Å². The van der Waals surface area contributed by atoms with Crippen molar-refractivity contribution in [1.82, 2.24) is 4.90 Å². The SMILES string of the molecule is NCCN1CCOCC1.O=C([O-])C1(C(=O)[O-])CC(O)C1.[Pt+2]. The summed E-state index contributed by atoms with van der Waals surface area (Å²) in [6, 6.07) is 0. The van der Waals surface area contributed by atoms with Crippen LogP contribution < -0.4 is 15.9 Å². The fourth-order valence-electron chi connectivity index (χ4n) is 2.17. The predicted octanol–water partition coefficient (Wildman–Crippen LogP) is -4.10. The van der Waals surface area contributed by atoms with Gasteiger partial charge < -0.3 is 35.4 Å². The molecular weight excluding hydrogens is 463 g/mol. The van der Waals surface area contributed by atoms with Crippen molar-refractivity contribution in [2.24, 2.45) is 11.1 Å². The fourth-order valence-corrected chi connectivity index (χ4v) is 2.17. The molecule has 0 aromatic rings. The molecule has 0 unspecified atom stereocenters. The number of aliphatic carboxylic acids is 2. The largest absolute Gasteiger partial charge is 2.00 e. The van der Waals surface area contributed by atoms with Crippen LogP contribution in [0.4, 0.5) is 0 Å². The van der Waals surface area contributed by atoms with Gasteiger partial charge in [-0.15, -0.1) is 0 Å². The van der Waals surface area contributed by atoms with Crippen LogP contribution in [-0.2, 0) is 35.4 Å². The van der Waals surface area contributed by atoms with Gasteiger partial charge in [0.1, 0.15) is 0 Å². The molecule has 1 aliphatic heterocycles. The van der Waals surface area contributed by atoms with E-state index in [0.717, 1.165) is 39.4 Å². The molecule has 3 N–H and O–H groups in total. The third-order valence-electron chi connectivity index (χ3n) is 3.50. The quantitative estimate of drug-likeness (QED) is 0.385. The molecule has 0 spiro atoms. The van der Waals surface area contributed by atoms with E-state index in [2.05, 4.69) is 4.90 Å². The Morgan fingerprint density at radius 2 is 1.71 bits per heavy atom. The van der Waals surface area contributed by atoms with Crippen molar-refractivity contribution in [1.29, 1.82) is 0 Å². The van der Waals surface area contributed by atoms with Crippen LogP contribution in [0.1, 0.15) is 12.8 Å². The molecule has 9 heteroatoms. The Bertz CT molecular complexity index is 324. The normalized spacial score (nSPS) is 21.2. The molecule has 2 rings (SSSR count). The van der Waals surface area contributed by atoms with Gasteiger partial charge in [0.25, 0.3) is 0 Å².